The lowest BCUT2D eigenvalue weighted by Crippen LogP contribution is -2.40. The molecule has 124 valence electrons. The van der Waals surface area contributed by atoms with Gasteiger partial charge in [0.05, 0.1) is 12.0 Å². The molecule has 1 unspecified atom stereocenters. The van der Waals surface area contributed by atoms with Gasteiger partial charge in [0.25, 0.3) is 0 Å². The summed E-state index contributed by atoms with van der Waals surface area (Å²) in [5.74, 6) is 0.158. The highest BCUT2D eigenvalue weighted by Gasteiger charge is 2.34. The molecule has 0 aliphatic carbocycles. The SMILES string of the molecule is CCOC(=O)C(C)(CCC(C)C)CNCc1ccc(F)cc1. The summed E-state index contributed by atoms with van der Waals surface area (Å²) in [4.78, 5) is 12.3. The van der Waals surface area contributed by atoms with Crippen LogP contribution < -0.4 is 5.32 Å². The van der Waals surface area contributed by atoms with Crippen LogP contribution in [0.3, 0.4) is 0 Å². The second-order valence-electron chi connectivity index (χ2n) is 6.44. The number of nitrogens with one attached hydrogen (secondary N) is 1. The van der Waals surface area contributed by atoms with E-state index in [1.54, 1.807) is 12.1 Å². The molecule has 22 heavy (non-hydrogen) atoms. The first-order valence-corrected chi connectivity index (χ1v) is 8.00. The summed E-state index contributed by atoms with van der Waals surface area (Å²) < 4.78 is 18.1. The molecule has 0 spiro atoms. The number of esters is 1. The van der Waals surface area contributed by atoms with E-state index >= 15 is 0 Å². The largest absolute Gasteiger partial charge is 0.466 e. The molecule has 0 heterocycles. The van der Waals surface area contributed by atoms with E-state index in [0.717, 1.165) is 18.4 Å². The van der Waals surface area contributed by atoms with Crippen LogP contribution in [-0.2, 0) is 16.1 Å². The monoisotopic (exact) mass is 309 g/mol. The van der Waals surface area contributed by atoms with E-state index in [1.165, 1.54) is 12.1 Å². The number of hydrogen-bond acceptors (Lipinski definition) is 3. The Hall–Kier alpha value is -1.42. The Morgan fingerprint density at radius 3 is 2.50 bits per heavy atom. The molecule has 0 fully saturated rings. The first kappa shape index (κ1) is 18.6. The highest BCUT2D eigenvalue weighted by molar-refractivity contribution is 5.76. The Morgan fingerprint density at radius 2 is 1.95 bits per heavy atom. The van der Waals surface area contributed by atoms with Crippen LogP contribution in [0.25, 0.3) is 0 Å². The van der Waals surface area contributed by atoms with Crippen molar-refractivity contribution in [2.24, 2.45) is 11.3 Å². The molecule has 4 heteroatoms. The van der Waals surface area contributed by atoms with Gasteiger partial charge < -0.3 is 10.1 Å². The molecule has 0 radical (unpaired) electrons. The predicted molar refractivity (Wildman–Crippen MR) is 86.9 cm³/mol. The average molecular weight is 309 g/mol. The molecule has 0 saturated carbocycles. The number of carbonyl (C=O) groups is 1. The molecule has 1 aromatic carbocycles. The summed E-state index contributed by atoms with van der Waals surface area (Å²) in [5.41, 5.74) is 0.469. The van der Waals surface area contributed by atoms with Gasteiger partial charge >= 0.3 is 5.97 Å². The zero-order valence-electron chi connectivity index (χ0n) is 14.1. The second-order valence-corrected chi connectivity index (χ2v) is 6.44. The molecule has 3 nitrogen and oxygen atoms in total. The van der Waals surface area contributed by atoms with Gasteiger partial charge in [0, 0.05) is 13.1 Å². The molecule has 0 aromatic heterocycles. The fraction of sp³-hybridized carbons (Fsp3) is 0.611. The Kier molecular flexibility index (Phi) is 7.52. The maximum absolute atomic E-state index is 12.9. The van der Waals surface area contributed by atoms with Crippen LogP contribution in [0, 0.1) is 17.2 Å². The van der Waals surface area contributed by atoms with Crippen molar-refractivity contribution in [2.45, 2.75) is 47.1 Å². The smallest absolute Gasteiger partial charge is 0.313 e. The van der Waals surface area contributed by atoms with Crippen molar-refractivity contribution in [3.8, 4) is 0 Å². The van der Waals surface area contributed by atoms with Gasteiger partial charge in [-0.1, -0.05) is 26.0 Å². The Labute approximate surface area is 133 Å². The van der Waals surface area contributed by atoms with Gasteiger partial charge in [-0.3, -0.25) is 4.79 Å². The standard InChI is InChI=1S/C18H28FNO2/c1-5-22-17(21)18(4,11-10-14(2)3)13-20-12-15-6-8-16(19)9-7-15/h6-9,14,20H,5,10-13H2,1-4H3. The van der Waals surface area contributed by atoms with E-state index in [9.17, 15) is 9.18 Å². The minimum Gasteiger partial charge on any atom is -0.466 e. The molecular weight excluding hydrogens is 281 g/mol. The highest BCUT2D eigenvalue weighted by Crippen LogP contribution is 2.27. The summed E-state index contributed by atoms with van der Waals surface area (Å²) in [5, 5.41) is 3.30. The van der Waals surface area contributed by atoms with E-state index in [-0.39, 0.29) is 11.8 Å². The third-order valence-corrected chi connectivity index (χ3v) is 3.80. The van der Waals surface area contributed by atoms with E-state index in [1.807, 2.05) is 13.8 Å². The van der Waals surface area contributed by atoms with Gasteiger partial charge in [-0.2, -0.15) is 0 Å². The molecule has 0 aliphatic heterocycles. The Morgan fingerprint density at radius 1 is 1.32 bits per heavy atom. The van der Waals surface area contributed by atoms with Crippen molar-refractivity contribution in [2.75, 3.05) is 13.2 Å². The first-order valence-electron chi connectivity index (χ1n) is 8.00. The third-order valence-electron chi connectivity index (χ3n) is 3.80. The highest BCUT2D eigenvalue weighted by atomic mass is 19.1. The molecule has 1 atom stereocenters. The first-order chi connectivity index (χ1) is 10.4. The van der Waals surface area contributed by atoms with Crippen molar-refractivity contribution in [3.63, 3.8) is 0 Å². The number of carbonyl (C=O) groups excluding carboxylic acids is 1. The van der Waals surface area contributed by atoms with Crippen LogP contribution in [0.2, 0.25) is 0 Å². The lowest BCUT2D eigenvalue weighted by molar-refractivity contribution is -0.154. The fourth-order valence-corrected chi connectivity index (χ4v) is 2.26. The minimum absolute atomic E-state index is 0.151. The normalized spacial score (nSPS) is 13.9. The maximum Gasteiger partial charge on any atom is 0.313 e. The number of hydrogen-bond donors (Lipinski definition) is 1. The quantitative estimate of drug-likeness (QED) is 0.703. The van der Waals surface area contributed by atoms with Gasteiger partial charge in [0.1, 0.15) is 5.82 Å². The number of ether oxygens (including phenoxy) is 1. The zero-order chi connectivity index (χ0) is 16.6. The summed E-state index contributed by atoms with van der Waals surface area (Å²) in [6.07, 6.45) is 1.77. The van der Waals surface area contributed by atoms with E-state index < -0.39 is 5.41 Å². The van der Waals surface area contributed by atoms with Gasteiger partial charge in [-0.15, -0.1) is 0 Å². The van der Waals surface area contributed by atoms with Crippen LogP contribution in [0.15, 0.2) is 24.3 Å². The lowest BCUT2D eigenvalue weighted by Gasteiger charge is -2.28. The number of halogens is 1. The van der Waals surface area contributed by atoms with Gasteiger partial charge in [0.15, 0.2) is 0 Å². The maximum atomic E-state index is 12.9. The number of benzene rings is 1. The van der Waals surface area contributed by atoms with E-state index in [2.05, 4.69) is 19.2 Å². The van der Waals surface area contributed by atoms with Crippen LogP contribution >= 0.6 is 0 Å². The molecule has 1 aromatic rings. The zero-order valence-corrected chi connectivity index (χ0v) is 14.1. The van der Waals surface area contributed by atoms with Crippen LogP contribution in [0.1, 0.15) is 46.1 Å². The fourth-order valence-electron chi connectivity index (χ4n) is 2.26. The predicted octanol–water partition coefficient (Wildman–Crippen LogP) is 3.92. The topological polar surface area (TPSA) is 38.3 Å². The summed E-state index contributed by atoms with van der Waals surface area (Å²) in [7, 11) is 0. The van der Waals surface area contributed by atoms with Gasteiger partial charge in [0.2, 0.25) is 0 Å². The molecule has 1 N–H and O–H groups in total. The lowest BCUT2D eigenvalue weighted by atomic mass is 9.83. The van der Waals surface area contributed by atoms with Crippen molar-refractivity contribution >= 4 is 5.97 Å². The third kappa shape index (κ3) is 6.14. The van der Waals surface area contributed by atoms with Crippen molar-refractivity contribution in [3.05, 3.63) is 35.6 Å². The summed E-state index contributed by atoms with van der Waals surface area (Å²) in [6, 6.07) is 6.39. The summed E-state index contributed by atoms with van der Waals surface area (Å²) in [6.45, 7) is 9.63. The van der Waals surface area contributed by atoms with E-state index in [4.69, 9.17) is 4.74 Å². The van der Waals surface area contributed by atoms with Crippen molar-refractivity contribution in [1.82, 2.24) is 5.32 Å². The van der Waals surface area contributed by atoms with Crippen molar-refractivity contribution in [1.29, 1.82) is 0 Å². The van der Waals surface area contributed by atoms with Crippen LogP contribution in [-0.4, -0.2) is 19.1 Å². The molecule has 0 amide bonds. The van der Waals surface area contributed by atoms with Crippen LogP contribution in [0.5, 0.6) is 0 Å². The van der Waals surface area contributed by atoms with Gasteiger partial charge in [-0.25, -0.2) is 4.39 Å². The minimum atomic E-state index is -0.527. The average Bonchev–Trinajstić information content (AvgIpc) is 2.47. The summed E-state index contributed by atoms with van der Waals surface area (Å²) >= 11 is 0. The molecule has 0 aliphatic rings. The second kappa shape index (κ2) is 8.89. The Bertz CT molecular complexity index is 459. The van der Waals surface area contributed by atoms with Crippen molar-refractivity contribution < 1.29 is 13.9 Å². The van der Waals surface area contributed by atoms with Crippen LogP contribution in [0.4, 0.5) is 4.39 Å². The van der Waals surface area contributed by atoms with E-state index in [0.29, 0.717) is 25.6 Å². The number of rotatable bonds is 9. The molecule has 0 saturated heterocycles. The molecule has 1 rings (SSSR count). The molecular formula is C18H28FNO2. The molecule has 0 bridgehead atoms. The Balaban J connectivity index is 2.59. The van der Waals surface area contributed by atoms with Gasteiger partial charge in [-0.05, 0) is 50.3 Å².